The molecule has 2 saturated heterocycles. The fourth-order valence-corrected chi connectivity index (χ4v) is 4.34. The van der Waals surface area contributed by atoms with Crippen LogP contribution in [0.25, 0.3) is 0 Å². The first kappa shape index (κ1) is 22.2. The van der Waals surface area contributed by atoms with Gasteiger partial charge >= 0.3 is 0 Å². The summed E-state index contributed by atoms with van der Waals surface area (Å²) in [4.78, 5) is 29.0. The molecule has 1 atom stereocenters. The first-order chi connectivity index (χ1) is 15.6. The zero-order valence-corrected chi connectivity index (χ0v) is 18.7. The molecule has 0 N–H and O–H groups in total. The lowest BCUT2D eigenvalue weighted by molar-refractivity contribution is -0.139. The minimum absolute atomic E-state index is 0.0338. The summed E-state index contributed by atoms with van der Waals surface area (Å²) in [6, 6.07) is 16.9. The van der Waals surface area contributed by atoms with Crippen molar-refractivity contribution in [3.8, 4) is 11.5 Å². The van der Waals surface area contributed by atoms with E-state index in [0.29, 0.717) is 18.3 Å². The van der Waals surface area contributed by atoms with E-state index in [1.807, 2.05) is 71.3 Å². The van der Waals surface area contributed by atoms with Crippen LogP contribution in [0.5, 0.6) is 11.5 Å². The van der Waals surface area contributed by atoms with Gasteiger partial charge in [-0.3, -0.25) is 9.59 Å². The number of nitrogens with zero attached hydrogens (tertiary/aromatic N) is 2. The topological polar surface area (TPSA) is 59.1 Å². The number of ether oxygens (including phenoxy) is 2. The maximum absolute atomic E-state index is 12.7. The van der Waals surface area contributed by atoms with E-state index >= 15 is 0 Å². The lowest BCUT2D eigenvalue weighted by atomic mass is 9.97. The number of carbonyl (C=O) groups is 2. The average molecular weight is 437 g/mol. The van der Waals surface area contributed by atoms with Gasteiger partial charge in [-0.25, -0.2) is 0 Å². The molecular formula is C26H32N2O4. The Bertz CT molecular complexity index is 886. The Labute approximate surface area is 190 Å². The van der Waals surface area contributed by atoms with Crippen molar-refractivity contribution < 1.29 is 19.1 Å². The van der Waals surface area contributed by atoms with Crippen molar-refractivity contribution >= 4 is 11.8 Å². The quantitative estimate of drug-likeness (QED) is 0.658. The molecule has 0 bridgehead atoms. The van der Waals surface area contributed by atoms with Crippen LogP contribution in [-0.4, -0.2) is 60.5 Å². The van der Waals surface area contributed by atoms with Crippen molar-refractivity contribution in [2.45, 2.75) is 38.7 Å². The zero-order valence-electron chi connectivity index (χ0n) is 18.7. The molecular weight excluding hydrogens is 404 g/mol. The summed E-state index contributed by atoms with van der Waals surface area (Å²) in [5.74, 6) is 2.05. The molecule has 1 unspecified atom stereocenters. The number of hydrogen-bond donors (Lipinski definition) is 0. The molecule has 2 aliphatic rings. The lowest BCUT2D eigenvalue weighted by Crippen LogP contribution is -2.45. The SMILES string of the molecule is CC(Oc1ccccc1)C(=O)N1CCC(COc2ccc(C(=O)N3CCCC3)cc2)CC1. The first-order valence-corrected chi connectivity index (χ1v) is 11.6. The number of hydrogen-bond acceptors (Lipinski definition) is 4. The summed E-state index contributed by atoms with van der Waals surface area (Å²) in [7, 11) is 0. The van der Waals surface area contributed by atoms with Crippen LogP contribution in [-0.2, 0) is 4.79 Å². The van der Waals surface area contributed by atoms with Gasteiger partial charge in [-0.05, 0) is 74.9 Å². The van der Waals surface area contributed by atoms with Crippen molar-refractivity contribution in [1.29, 1.82) is 0 Å². The van der Waals surface area contributed by atoms with Crippen LogP contribution in [0.4, 0.5) is 0 Å². The van der Waals surface area contributed by atoms with Crippen molar-refractivity contribution in [3.05, 3.63) is 60.2 Å². The summed E-state index contributed by atoms with van der Waals surface area (Å²) in [6.45, 7) is 5.59. The van der Waals surface area contributed by atoms with E-state index in [4.69, 9.17) is 9.47 Å². The molecule has 6 heteroatoms. The van der Waals surface area contributed by atoms with Crippen LogP contribution in [0.3, 0.4) is 0 Å². The second-order valence-electron chi connectivity index (χ2n) is 8.68. The third kappa shape index (κ3) is 5.61. The molecule has 2 aromatic carbocycles. The molecule has 0 aliphatic carbocycles. The van der Waals surface area contributed by atoms with Gasteiger partial charge in [0.1, 0.15) is 11.5 Å². The maximum atomic E-state index is 12.7. The third-order valence-corrected chi connectivity index (χ3v) is 6.31. The number of benzene rings is 2. The van der Waals surface area contributed by atoms with Gasteiger partial charge in [0.25, 0.3) is 11.8 Å². The Hall–Kier alpha value is -3.02. The third-order valence-electron chi connectivity index (χ3n) is 6.31. The van der Waals surface area contributed by atoms with Gasteiger partial charge in [-0.1, -0.05) is 18.2 Å². The Morgan fingerprint density at radius 2 is 1.53 bits per heavy atom. The molecule has 32 heavy (non-hydrogen) atoms. The molecule has 0 aromatic heterocycles. The van der Waals surface area contributed by atoms with E-state index < -0.39 is 6.10 Å². The van der Waals surface area contributed by atoms with E-state index in [0.717, 1.165) is 63.2 Å². The summed E-state index contributed by atoms with van der Waals surface area (Å²) >= 11 is 0. The minimum Gasteiger partial charge on any atom is -0.493 e. The van der Waals surface area contributed by atoms with Gasteiger partial charge in [-0.2, -0.15) is 0 Å². The van der Waals surface area contributed by atoms with Crippen LogP contribution < -0.4 is 9.47 Å². The molecule has 2 aliphatic heterocycles. The van der Waals surface area contributed by atoms with E-state index in [-0.39, 0.29) is 11.8 Å². The highest BCUT2D eigenvalue weighted by atomic mass is 16.5. The Kier molecular flexibility index (Phi) is 7.30. The number of amides is 2. The van der Waals surface area contributed by atoms with Crippen LogP contribution in [0.1, 0.15) is 43.0 Å². The minimum atomic E-state index is -0.494. The molecule has 4 rings (SSSR count). The number of rotatable bonds is 7. The second-order valence-corrected chi connectivity index (χ2v) is 8.68. The molecule has 2 heterocycles. The number of piperidine rings is 1. The fourth-order valence-electron chi connectivity index (χ4n) is 4.34. The van der Waals surface area contributed by atoms with Crippen LogP contribution in [0.15, 0.2) is 54.6 Å². The van der Waals surface area contributed by atoms with Crippen molar-refractivity contribution in [2.75, 3.05) is 32.8 Å². The van der Waals surface area contributed by atoms with E-state index in [1.54, 1.807) is 0 Å². The normalized spacial score (nSPS) is 17.8. The molecule has 2 amide bonds. The van der Waals surface area contributed by atoms with Gasteiger partial charge < -0.3 is 19.3 Å². The summed E-state index contributed by atoms with van der Waals surface area (Å²) in [5, 5.41) is 0. The Morgan fingerprint density at radius 1 is 0.875 bits per heavy atom. The average Bonchev–Trinajstić information content (AvgIpc) is 3.38. The van der Waals surface area contributed by atoms with Crippen molar-refractivity contribution in [2.24, 2.45) is 5.92 Å². The van der Waals surface area contributed by atoms with Crippen LogP contribution >= 0.6 is 0 Å². The number of likely N-dealkylation sites (tertiary alicyclic amines) is 2. The molecule has 2 aromatic rings. The lowest BCUT2D eigenvalue weighted by Gasteiger charge is -2.33. The number of carbonyl (C=O) groups excluding carboxylic acids is 2. The van der Waals surface area contributed by atoms with E-state index in [9.17, 15) is 9.59 Å². The number of para-hydroxylation sites is 1. The van der Waals surface area contributed by atoms with Gasteiger partial charge in [0.2, 0.25) is 0 Å². The molecule has 0 spiro atoms. The fraction of sp³-hybridized carbons (Fsp3) is 0.462. The summed E-state index contributed by atoms with van der Waals surface area (Å²) in [6.07, 6.45) is 3.52. The Morgan fingerprint density at radius 3 is 2.19 bits per heavy atom. The molecule has 6 nitrogen and oxygen atoms in total. The molecule has 0 radical (unpaired) electrons. The van der Waals surface area contributed by atoms with Gasteiger partial charge in [0.05, 0.1) is 6.61 Å². The van der Waals surface area contributed by atoms with Crippen molar-refractivity contribution in [3.63, 3.8) is 0 Å². The Balaban J connectivity index is 1.19. The second kappa shape index (κ2) is 10.5. The highest BCUT2D eigenvalue weighted by Crippen LogP contribution is 2.22. The van der Waals surface area contributed by atoms with Gasteiger partial charge in [-0.15, -0.1) is 0 Å². The smallest absolute Gasteiger partial charge is 0.263 e. The molecule has 170 valence electrons. The largest absolute Gasteiger partial charge is 0.493 e. The van der Waals surface area contributed by atoms with Crippen LogP contribution in [0.2, 0.25) is 0 Å². The maximum Gasteiger partial charge on any atom is 0.263 e. The van der Waals surface area contributed by atoms with Crippen LogP contribution in [0, 0.1) is 5.92 Å². The summed E-state index contributed by atoms with van der Waals surface area (Å²) in [5.41, 5.74) is 0.720. The highest BCUT2D eigenvalue weighted by molar-refractivity contribution is 5.94. The molecule has 0 saturated carbocycles. The van der Waals surface area contributed by atoms with Gasteiger partial charge in [0, 0.05) is 31.7 Å². The standard InChI is InChI=1S/C26H32N2O4/c1-20(32-24-7-3-2-4-8-24)25(29)28-17-13-21(14-18-28)19-31-23-11-9-22(10-12-23)26(30)27-15-5-6-16-27/h2-4,7-12,20-21H,5-6,13-19H2,1H3. The molecule has 2 fully saturated rings. The van der Waals surface area contributed by atoms with Gasteiger partial charge in [0.15, 0.2) is 6.10 Å². The summed E-state index contributed by atoms with van der Waals surface area (Å²) < 4.78 is 11.8. The predicted molar refractivity (Wildman–Crippen MR) is 123 cm³/mol. The van der Waals surface area contributed by atoms with E-state index in [1.165, 1.54) is 0 Å². The monoisotopic (exact) mass is 436 g/mol. The zero-order chi connectivity index (χ0) is 22.3. The predicted octanol–water partition coefficient (Wildman–Crippen LogP) is 4.01. The van der Waals surface area contributed by atoms with E-state index in [2.05, 4.69) is 0 Å². The highest BCUT2D eigenvalue weighted by Gasteiger charge is 2.27. The first-order valence-electron chi connectivity index (χ1n) is 11.6. The van der Waals surface area contributed by atoms with Crippen molar-refractivity contribution in [1.82, 2.24) is 9.80 Å².